The van der Waals surface area contributed by atoms with Gasteiger partial charge in [-0.25, -0.2) is 0 Å². The highest BCUT2D eigenvalue weighted by atomic mass is 35.5. The summed E-state index contributed by atoms with van der Waals surface area (Å²) in [6.45, 7) is 0.529. The van der Waals surface area contributed by atoms with Gasteiger partial charge in [0.05, 0.1) is 16.5 Å². The predicted molar refractivity (Wildman–Crippen MR) is 76.4 cm³/mol. The first-order chi connectivity index (χ1) is 9.25. The zero-order chi connectivity index (χ0) is 13.2. The van der Waals surface area contributed by atoms with E-state index in [4.69, 9.17) is 11.6 Å². The van der Waals surface area contributed by atoms with Crippen molar-refractivity contribution in [3.05, 3.63) is 42.1 Å². The van der Waals surface area contributed by atoms with Gasteiger partial charge in [-0.15, -0.1) is 11.6 Å². The van der Waals surface area contributed by atoms with Gasteiger partial charge in [-0.1, -0.05) is 18.2 Å². The molecule has 1 fully saturated rings. The van der Waals surface area contributed by atoms with Crippen LogP contribution in [-0.2, 0) is 0 Å². The molecule has 98 valence electrons. The molecular formula is C15H15ClN2O. The molecule has 1 heterocycles. The number of amides is 1. The highest BCUT2D eigenvalue weighted by molar-refractivity contribution is 6.21. The summed E-state index contributed by atoms with van der Waals surface area (Å²) >= 11 is 6.20. The molecule has 1 aromatic heterocycles. The van der Waals surface area contributed by atoms with Crippen molar-refractivity contribution in [3.8, 4) is 0 Å². The third-order valence-electron chi connectivity index (χ3n) is 3.48. The van der Waals surface area contributed by atoms with E-state index in [0.717, 1.165) is 10.9 Å². The lowest BCUT2D eigenvalue weighted by molar-refractivity contribution is 0.0954. The van der Waals surface area contributed by atoms with E-state index in [1.165, 1.54) is 12.8 Å². The number of pyridine rings is 1. The van der Waals surface area contributed by atoms with Gasteiger partial charge in [0, 0.05) is 18.1 Å². The third kappa shape index (κ3) is 2.71. The smallest absolute Gasteiger partial charge is 0.252 e. The highest BCUT2D eigenvalue weighted by Crippen LogP contribution is 2.35. The number of fused-ring (bicyclic) bond motifs is 1. The van der Waals surface area contributed by atoms with Crippen molar-refractivity contribution in [2.45, 2.75) is 18.2 Å². The van der Waals surface area contributed by atoms with Crippen LogP contribution in [0.1, 0.15) is 23.2 Å². The Morgan fingerprint density at radius 3 is 2.95 bits per heavy atom. The number of carbonyl (C=O) groups excluding carboxylic acids is 1. The lowest BCUT2D eigenvalue weighted by atomic mass is 10.1. The van der Waals surface area contributed by atoms with Gasteiger partial charge >= 0.3 is 0 Å². The molecule has 0 radical (unpaired) electrons. The van der Waals surface area contributed by atoms with Crippen LogP contribution >= 0.6 is 11.6 Å². The van der Waals surface area contributed by atoms with Gasteiger partial charge in [0.15, 0.2) is 0 Å². The molecule has 2 aromatic rings. The van der Waals surface area contributed by atoms with Crippen LogP contribution in [0, 0.1) is 5.92 Å². The monoisotopic (exact) mass is 274 g/mol. The fourth-order valence-corrected chi connectivity index (χ4v) is 2.53. The number of hydrogen-bond donors (Lipinski definition) is 1. The molecule has 1 saturated carbocycles. The Morgan fingerprint density at radius 2 is 2.16 bits per heavy atom. The van der Waals surface area contributed by atoms with Crippen LogP contribution in [0.2, 0.25) is 0 Å². The Labute approximate surface area is 117 Å². The van der Waals surface area contributed by atoms with E-state index in [0.29, 0.717) is 18.0 Å². The molecular weight excluding hydrogens is 260 g/mol. The van der Waals surface area contributed by atoms with E-state index in [1.54, 1.807) is 12.3 Å². The summed E-state index contributed by atoms with van der Waals surface area (Å²) in [4.78, 5) is 16.5. The SMILES string of the molecule is O=C(NCC(Cl)C1CC1)c1ccnc2ccccc12. The van der Waals surface area contributed by atoms with E-state index < -0.39 is 0 Å². The van der Waals surface area contributed by atoms with Crippen LogP contribution in [0.25, 0.3) is 10.9 Å². The van der Waals surface area contributed by atoms with Crippen LogP contribution in [0.3, 0.4) is 0 Å². The molecule has 1 aliphatic rings. The molecule has 19 heavy (non-hydrogen) atoms. The number of carbonyl (C=O) groups is 1. The van der Waals surface area contributed by atoms with Crippen LogP contribution in [0.4, 0.5) is 0 Å². The Morgan fingerprint density at radius 1 is 1.37 bits per heavy atom. The quantitative estimate of drug-likeness (QED) is 0.871. The number of benzene rings is 1. The topological polar surface area (TPSA) is 42.0 Å². The Balaban J connectivity index is 1.77. The molecule has 1 atom stereocenters. The van der Waals surface area contributed by atoms with Crippen molar-refractivity contribution in [1.82, 2.24) is 10.3 Å². The van der Waals surface area contributed by atoms with Crippen molar-refractivity contribution in [1.29, 1.82) is 0 Å². The van der Waals surface area contributed by atoms with Crippen LogP contribution < -0.4 is 5.32 Å². The van der Waals surface area contributed by atoms with Gasteiger partial charge in [-0.2, -0.15) is 0 Å². The van der Waals surface area contributed by atoms with Crippen LogP contribution in [-0.4, -0.2) is 22.8 Å². The molecule has 3 rings (SSSR count). The average molecular weight is 275 g/mol. The predicted octanol–water partition coefficient (Wildman–Crippen LogP) is 2.98. The molecule has 1 aromatic carbocycles. The molecule has 0 bridgehead atoms. The minimum absolute atomic E-state index is 0.0528. The Kier molecular flexibility index (Phi) is 3.38. The summed E-state index contributed by atoms with van der Waals surface area (Å²) in [5.41, 5.74) is 1.49. The largest absolute Gasteiger partial charge is 0.351 e. The van der Waals surface area contributed by atoms with Crippen molar-refractivity contribution in [3.63, 3.8) is 0 Å². The van der Waals surface area contributed by atoms with Crippen molar-refractivity contribution < 1.29 is 4.79 Å². The summed E-state index contributed by atoms with van der Waals surface area (Å²) < 4.78 is 0. The number of aromatic nitrogens is 1. The lowest BCUT2D eigenvalue weighted by Crippen LogP contribution is -2.30. The van der Waals surface area contributed by atoms with Crippen molar-refractivity contribution in [2.75, 3.05) is 6.54 Å². The summed E-state index contributed by atoms with van der Waals surface area (Å²) in [5, 5.41) is 3.84. The molecule has 0 saturated heterocycles. The second kappa shape index (κ2) is 5.17. The molecule has 1 amide bonds. The van der Waals surface area contributed by atoms with Crippen molar-refractivity contribution >= 4 is 28.4 Å². The van der Waals surface area contributed by atoms with E-state index in [9.17, 15) is 4.79 Å². The van der Waals surface area contributed by atoms with E-state index >= 15 is 0 Å². The second-order valence-corrected chi connectivity index (χ2v) is 5.50. The van der Waals surface area contributed by atoms with E-state index in [2.05, 4.69) is 10.3 Å². The van der Waals surface area contributed by atoms with Gasteiger partial charge in [0.2, 0.25) is 0 Å². The highest BCUT2D eigenvalue weighted by Gasteiger charge is 2.29. The Hall–Kier alpha value is -1.61. The summed E-state index contributed by atoms with van der Waals surface area (Å²) in [6, 6.07) is 9.39. The molecule has 1 N–H and O–H groups in total. The maximum Gasteiger partial charge on any atom is 0.252 e. The number of para-hydroxylation sites is 1. The average Bonchev–Trinajstić information content (AvgIpc) is 3.28. The minimum Gasteiger partial charge on any atom is -0.351 e. The summed E-state index contributed by atoms with van der Waals surface area (Å²) in [6.07, 6.45) is 4.03. The Bertz CT molecular complexity index is 605. The number of halogens is 1. The van der Waals surface area contributed by atoms with Gasteiger partial charge < -0.3 is 5.32 Å². The lowest BCUT2D eigenvalue weighted by Gasteiger charge is -2.10. The molecule has 1 unspecified atom stereocenters. The molecule has 1 aliphatic carbocycles. The van der Waals surface area contributed by atoms with E-state index in [1.807, 2.05) is 24.3 Å². The number of nitrogens with zero attached hydrogens (tertiary/aromatic N) is 1. The number of nitrogens with one attached hydrogen (secondary N) is 1. The second-order valence-electron chi connectivity index (χ2n) is 4.94. The van der Waals surface area contributed by atoms with Gasteiger partial charge in [-0.3, -0.25) is 9.78 Å². The van der Waals surface area contributed by atoms with Crippen LogP contribution in [0.15, 0.2) is 36.5 Å². The first-order valence-corrected chi connectivity index (χ1v) is 6.95. The minimum atomic E-state index is -0.0788. The fourth-order valence-electron chi connectivity index (χ4n) is 2.20. The van der Waals surface area contributed by atoms with E-state index in [-0.39, 0.29) is 11.3 Å². The van der Waals surface area contributed by atoms with Crippen molar-refractivity contribution in [2.24, 2.45) is 5.92 Å². The molecule has 4 heteroatoms. The fraction of sp³-hybridized carbons (Fsp3) is 0.333. The third-order valence-corrected chi connectivity index (χ3v) is 4.00. The molecule has 3 nitrogen and oxygen atoms in total. The van der Waals surface area contributed by atoms with Gasteiger partial charge in [0.25, 0.3) is 5.91 Å². The zero-order valence-corrected chi connectivity index (χ0v) is 11.2. The first kappa shape index (κ1) is 12.4. The maximum absolute atomic E-state index is 12.2. The number of alkyl halides is 1. The number of rotatable bonds is 4. The molecule has 0 aliphatic heterocycles. The zero-order valence-electron chi connectivity index (χ0n) is 10.5. The summed E-state index contributed by atoms with van der Waals surface area (Å²) in [7, 11) is 0. The van der Waals surface area contributed by atoms with Gasteiger partial charge in [-0.05, 0) is 30.9 Å². The number of hydrogen-bond acceptors (Lipinski definition) is 2. The summed E-state index contributed by atoms with van der Waals surface area (Å²) in [5.74, 6) is 0.501. The van der Waals surface area contributed by atoms with Crippen LogP contribution in [0.5, 0.6) is 0 Å². The van der Waals surface area contributed by atoms with Gasteiger partial charge in [0.1, 0.15) is 0 Å². The maximum atomic E-state index is 12.2. The first-order valence-electron chi connectivity index (χ1n) is 6.52. The standard InChI is InChI=1S/C15H15ClN2O/c16-13(10-5-6-10)9-18-15(19)12-7-8-17-14-4-2-1-3-11(12)14/h1-4,7-8,10,13H,5-6,9H2,(H,18,19). The normalized spacial score (nSPS) is 16.3. The molecule has 0 spiro atoms.